The summed E-state index contributed by atoms with van der Waals surface area (Å²) in [6.07, 6.45) is -0.144. The highest BCUT2D eigenvalue weighted by atomic mass is 19.1. The van der Waals surface area contributed by atoms with Crippen molar-refractivity contribution in [3.8, 4) is 0 Å². The molecule has 0 radical (unpaired) electrons. The second kappa shape index (κ2) is 7.66. The fourth-order valence-electron chi connectivity index (χ4n) is 3.34. The maximum atomic E-state index is 13.6. The van der Waals surface area contributed by atoms with Gasteiger partial charge in [-0.2, -0.15) is 0 Å². The van der Waals surface area contributed by atoms with E-state index in [4.69, 9.17) is 5.11 Å². The molecule has 0 aromatic heterocycles. The van der Waals surface area contributed by atoms with Crippen molar-refractivity contribution in [3.63, 3.8) is 0 Å². The third-order valence-electron chi connectivity index (χ3n) is 4.82. The number of likely N-dealkylation sites (tertiary alicyclic amines) is 1. The average Bonchev–Trinajstić information content (AvgIpc) is 3.05. The number of likely N-dealkylation sites (N-methyl/N-ethyl adjacent to an activating group) is 1. The van der Waals surface area contributed by atoms with Gasteiger partial charge in [-0.3, -0.25) is 4.90 Å². The van der Waals surface area contributed by atoms with Crippen molar-refractivity contribution in [3.05, 3.63) is 65.7 Å². The molecule has 0 bridgehead atoms. The Morgan fingerprint density at radius 1 is 1.24 bits per heavy atom. The Kier molecular flexibility index (Phi) is 5.34. The lowest BCUT2D eigenvalue weighted by Gasteiger charge is -2.33. The Bertz CT molecular complexity index is 705. The highest BCUT2D eigenvalue weighted by Crippen LogP contribution is 2.28. The van der Waals surface area contributed by atoms with Gasteiger partial charge in [0.05, 0.1) is 11.6 Å². The summed E-state index contributed by atoms with van der Waals surface area (Å²) in [6.45, 7) is 1.99. The summed E-state index contributed by atoms with van der Waals surface area (Å²) in [6, 6.07) is 17.1. The number of aromatic carboxylic acids is 1. The lowest BCUT2D eigenvalue weighted by Crippen LogP contribution is -2.35. The summed E-state index contributed by atoms with van der Waals surface area (Å²) in [5, 5.41) is 9.06. The molecule has 0 spiro atoms. The van der Waals surface area contributed by atoms with Crippen molar-refractivity contribution in [2.45, 2.75) is 18.6 Å². The Balaban J connectivity index is 1.83. The molecule has 5 heteroatoms. The van der Waals surface area contributed by atoms with E-state index in [2.05, 4.69) is 21.9 Å². The molecule has 132 valence electrons. The van der Waals surface area contributed by atoms with Crippen LogP contribution in [0.2, 0.25) is 0 Å². The van der Waals surface area contributed by atoms with Crippen molar-refractivity contribution >= 4 is 11.7 Å². The molecular weight excluding hydrogens is 319 g/mol. The van der Waals surface area contributed by atoms with E-state index < -0.39 is 12.1 Å². The van der Waals surface area contributed by atoms with Gasteiger partial charge in [-0.15, -0.1) is 0 Å². The Morgan fingerprint density at radius 2 is 1.92 bits per heavy atom. The lowest BCUT2D eigenvalue weighted by molar-refractivity contribution is 0.0697. The smallest absolute Gasteiger partial charge is 0.335 e. The first-order valence-electron chi connectivity index (χ1n) is 8.52. The van der Waals surface area contributed by atoms with Crippen LogP contribution in [0, 0.1) is 0 Å². The van der Waals surface area contributed by atoms with Crippen LogP contribution in [-0.4, -0.2) is 48.8 Å². The normalized spacial score (nSPS) is 18.9. The van der Waals surface area contributed by atoms with Crippen molar-refractivity contribution in [2.75, 3.05) is 31.6 Å². The molecule has 4 nitrogen and oxygen atoms in total. The molecule has 1 saturated heterocycles. The SMILES string of the molecule is CN(c1ccc(C(=O)O)cc1)[C@H](CN1CC[C@H](F)C1)c1ccccc1. The molecule has 1 heterocycles. The third-order valence-corrected chi connectivity index (χ3v) is 4.82. The van der Waals surface area contributed by atoms with Gasteiger partial charge < -0.3 is 10.0 Å². The fraction of sp³-hybridized carbons (Fsp3) is 0.350. The minimum atomic E-state index is -0.931. The number of hydrogen-bond acceptors (Lipinski definition) is 3. The number of carbonyl (C=O) groups is 1. The van der Waals surface area contributed by atoms with Crippen LogP contribution in [0.4, 0.5) is 10.1 Å². The van der Waals surface area contributed by atoms with Crippen molar-refractivity contribution < 1.29 is 14.3 Å². The summed E-state index contributed by atoms with van der Waals surface area (Å²) in [5.74, 6) is -0.931. The van der Waals surface area contributed by atoms with Gasteiger partial charge in [0.15, 0.2) is 0 Å². The molecule has 0 aliphatic carbocycles. The van der Waals surface area contributed by atoms with Gasteiger partial charge in [-0.1, -0.05) is 30.3 Å². The minimum Gasteiger partial charge on any atom is -0.478 e. The molecule has 2 atom stereocenters. The quantitative estimate of drug-likeness (QED) is 0.871. The first-order valence-corrected chi connectivity index (χ1v) is 8.52. The van der Waals surface area contributed by atoms with E-state index in [0.717, 1.165) is 24.3 Å². The van der Waals surface area contributed by atoms with E-state index in [9.17, 15) is 9.18 Å². The van der Waals surface area contributed by atoms with Gasteiger partial charge in [0.1, 0.15) is 6.17 Å². The van der Waals surface area contributed by atoms with E-state index in [1.807, 2.05) is 37.4 Å². The second-order valence-electron chi connectivity index (χ2n) is 6.53. The van der Waals surface area contributed by atoms with Crippen molar-refractivity contribution in [1.29, 1.82) is 0 Å². The van der Waals surface area contributed by atoms with Gasteiger partial charge in [-0.05, 0) is 36.2 Å². The Hall–Kier alpha value is -2.40. The molecule has 3 rings (SSSR count). The van der Waals surface area contributed by atoms with Gasteiger partial charge in [0.2, 0.25) is 0 Å². The number of nitrogens with zero attached hydrogens (tertiary/aromatic N) is 2. The van der Waals surface area contributed by atoms with Crippen LogP contribution >= 0.6 is 0 Å². The van der Waals surface area contributed by atoms with E-state index in [1.165, 1.54) is 0 Å². The molecular formula is C20H23FN2O2. The van der Waals surface area contributed by atoms with Crippen LogP contribution in [-0.2, 0) is 0 Å². The number of halogens is 1. The molecule has 0 saturated carbocycles. The average molecular weight is 342 g/mol. The monoisotopic (exact) mass is 342 g/mol. The first-order chi connectivity index (χ1) is 12.0. The highest BCUT2D eigenvalue weighted by molar-refractivity contribution is 5.88. The van der Waals surface area contributed by atoms with Crippen LogP contribution in [0.3, 0.4) is 0 Å². The third kappa shape index (κ3) is 4.17. The molecule has 2 aromatic carbocycles. The highest BCUT2D eigenvalue weighted by Gasteiger charge is 2.27. The minimum absolute atomic E-state index is 0.0715. The number of carboxylic acids is 1. The molecule has 2 aromatic rings. The number of rotatable bonds is 6. The van der Waals surface area contributed by atoms with Crippen LogP contribution < -0.4 is 4.90 Å². The summed E-state index contributed by atoms with van der Waals surface area (Å²) >= 11 is 0. The zero-order chi connectivity index (χ0) is 17.8. The molecule has 0 unspecified atom stereocenters. The molecule has 1 aliphatic rings. The predicted octanol–water partition coefficient (Wildman–Crippen LogP) is 3.61. The number of carboxylic acid groups (broad SMARTS) is 1. The summed E-state index contributed by atoms with van der Waals surface area (Å²) < 4.78 is 13.6. The molecule has 1 fully saturated rings. The van der Waals surface area contributed by atoms with Crippen LogP contribution in [0.25, 0.3) is 0 Å². The maximum absolute atomic E-state index is 13.6. The van der Waals surface area contributed by atoms with Gasteiger partial charge in [0, 0.05) is 32.4 Å². The molecule has 0 amide bonds. The van der Waals surface area contributed by atoms with E-state index in [1.54, 1.807) is 12.1 Å². The Labute approximate surface area is 147 Å². The van der Waals surface area contributed by atoms with E-state index >= 15 is 0 Å². The number of benzene rings is 2. The van der Waals surface area contributed by atoms with E-state index in [-0.39, 0.29) is 11.6 Å². The summed E-state index contributed by atoms with van der Waals surface area (Å²) in [5.41, 5.74) is 2.37. The van der Waals surface area contributed by atoms with Gasteiger partial charge in [-0.25, -0.2) is 9.18 Å². The van der Waals surface area contributed by atoms with Gasteiger partial charge in [0.25, 0.3) is 0 Å². The van der Waals surface area contributed by atoms with Crippen molar-refractivity contribution in [2.24, 2.45) is 0 Å². The fourth-order valence-corrected chi connectivity index (χ4v) is 3.34. The first kappa shape index (κ1) is 17.4. The molecule has 25 heavy (non-hydrogen) atoms. The number of alkyl halides is 1. The zero-order valence-corrected chi connectivity index (χ0v) is 14.3. The number of hydrogen-bond donors (Lipinski definition) is 1. The lowest BCUT2D eigenvalue weighted by atomic mass is 10.0. The Morgan fingerprint density at radius 3 is 2.48 bits per heavy atom. The standard InChI is InChI=1S/C20H23FN2O2/c1-22(18-9-7-16(8-10-18)20(24)25)19(15-5-3-2-4-6-15)14-23-12-11-17(21)13-23/h2-10,17,19H,11-14H2,1H3,(H,24,25)/t17-,19+/m0/s1. The zero-order valence-electron chi connectivity index (χ0n) is 14.3. The largest absolute Gasteiger partial charge is 0.478 e. The van der Waals surface area contributed by atoms with E-state index in [0.29, 0.717) is 13.0 Å². The molecule has 1 N–H and O–H groups in total. The molecule has 1 aliphatic heterocycles. The topological polar surface area (TPSA) is 43.8 Å². The number of anilines is 1. The summed E-state index contributed by atoms with van der Waals surface area (Å²) in [7, 11) is 2.00. The van der Waals surface area contributed by atoms with Crippen LogP contribution in [0.5, 0.6) is 0 Å². The van der Waals surface area contributed by atoms with Crippen molar-refractivity contribution in [1.82, 2.24) is 4.90 Å². The van der Waals surface area contributed by atoms with Crippen LogP contribution in [0.1, 0.15) is 28.4 Å². The summed E-state index contributed by atoms with van der Waals surface area (Å²) in [4.78, 5) is 15.3. The predicted molar refractivity (Wildman–Crippen MR) is 96.9 cm³/mol. The maximum Gasteiger partial charge on any atom is 0.335 e. The van der Waals surface area contributed by atoms with Crippen LogP contribution in [0.15, 0.2) is 54.6 Å². The second-order valence-corrected chi connectivity index (χ2v) is 6.53. The van der Waals surface area contributed by atoms with Gasteiger partial charge >= 0.3 is 5.97 Å².